The molecule has 0 saturated heterocycles. The second-order valence-electron chi connectivity index (χ2n) is 5.13. The van der Waals surface area contributed by atoms with E-state index in [4.69, 9.17) is 5.73 Å². The number of nitrogens with zero attached hydrogens (tertiary/aromatic N) is 1. The normalized spacial score (nSPS) is 15.9. The Hall–Kier alpha value is -1.11. The van der Waals surface area contributed by atoms with Crippen molar-refractivity contribution in [2.45, 2.75) is 30.7 Å². The van der Waals surface area contributed by atoms with E-state index in [1.807, 2.05) is 14.0 Å². The van der Waals surface area contributed by atoms with E-state index in [1.165, 1.54) is 18.9 Å². The van der Waals surface area contributed by atoms with Gasteiger partial charge in [0.2, 0.25) is 10.0 Å². The Labute approximate surface area is 114 Å². The van der Waals surface area contributed by atoms with Crippen LogP contribution >= 0.6 is 0 Å². The Bertz CT molecular complexity index is 553. The topological polar surface area (TPSA) is 75.4 Å². The van der Waals surface area contributed by atoms with E-state index in [0.29, 0.717) is 18.3 Å². The molecule has 2 rings (SSSR count). The molecule has 19 heavy (non-hydrogen) atoms. The van der Waals surface area contributed by atoms with Crippen LogP contribution in [0.25, 0.3) is 0 Å². The number of sulfonamides is 1. The second-order valence-corrected chi connectivity index (χ2v) is 6.89. The lowest BCUT2D eigenvalue weighted by Crippen LogP contribution is -2.34. The molecule has 5 nitrogen and oxygen atoms in total. The predicted molar refractivity (Wildman–Crippen MR) is 76.4 cm³/mol. The van der Waals surface area contributed by atoms with Gasteiger partial charge in [-0.25, -0.2) is 13.1 Å². The number of hydrogen-bond acceptors (Lipinski definition) is 4. The lowest BCUT2D eigenvalue weighted by Gasteiger charge is -2.16. The maximum Gasteiger partial charge on any atom is 0.240 e. The first-order valence-corrected chi connectivity index (χ1v) is 7.94. The minimum absolute atomic E-state index is 0.227. The molecule has 1 aliphatic rings. The van der Waals surface area contributed by atoms with Crippen LogP contribution in [0, 0.1) is 6.92 Å². The SMILES string of the molecule is Cc1ccc(S(=O)(=O)NCCN(C)C2CC2)cc1N. The Balaban J connectivity index is 1.95. The van der Waals surface area contributed by atoms with Crippen LogP contribution in [0.4, 0.5) is 5.69 Å². The van der Waals surface area contributed by atoms with Crippen molar-refractivity contribution in [1.82, 2.24) is 9.62 Å². The van der Waals surface area contributed by atoms with Gasteiger partial charge in [0.05, 0.1) is 4.90 Å². The number of rotatable bonds is 6. The van der Waals surface area contributed by atoms with Gasteiger partial charge in [-0.2, -0.15) is 0 Å². The lowest BCUT2D eigenvalue weighted by molar-refractivity contribution is 0.329. The molecule has 1 aromatic rings. The Morgan fingerprint density at radius 2 is 2.11 bits per heavy atom. The molecule has 1 aliphatic carbocycles. The summed E-state index contributed by atoms with van der Waals surface area (Å²) in [6.07, 6.45) is 2.44. The summed E-state index contributed by atoms with van der Waals surface area (Å²) in [5.74, 6) is 0. The summed E-state index contributed by atoms with van der Waals surface area (Å²) < 4.78 is 26.8. The van der Waals surface area contributed by atoms with Crippen LogP contribution < -0.4 is 10.5 Å². The first kappa shape index (κ1) is 14.3. The molecule has 0 radical (unpaired) electrons. The average molecular weight is 283 g/mol. The van der Waals surface area contributed by atoms with E-state index >= 15 is 0 Å². The summed E-state index contributed by atoms with van der Waals surface area (Å²) in [5, 5.41) is 0. The van der Waals surface area contributed by atoms with Crippen molar-refractivity contribution < 1.29 is 8.42 Å². The smallest absolute Gasteiger partial charge is 0.240 e. The Morgan fingerprint density at radius 1 is 1.42 bits per heavy atom. The van der Waals surface area contributed by atoms with Crippen molar-refractivity contribution in [3.63, 3.8) is 0 Å². The molecule has 0 heterocycles. The fourth-order valence-corrected chi connectivity index (χ4v) is 2.98. The van der Waals surface area contributed by atoms with Gasteiger partial charge in [0, 0.05) is 24.8 Å². The number of hydrogen-bond donors (Lipinski definition) is 2. The molecule has 0 unspecified atom stereocenters. The molecule has 1 aromatic carbocycles. The van der Waals surface area contributed by atoms with Crippen molar-refractivity contribution in [2.24, 2.45) is 0 Å². The van der Waals surface area contributed by atoms with E-state index < -0.39 is 10.0 Å². The van der Waals surface area contributed by atoms with E-state index in [9.17, 15) is 8.42 Å². The summed E-state index contributed by atoms with van der Waals surface area (Å²) in [4.78, 5) is 2.41. The number of anilines is 1. The first-order valence-electron chi connectivity index (χ1n) is 6.46. The minimum Gasteiger partial charge on any atom is -0.398 e. The van der Waals surface area contributed by atoms with Crippen LogP contribution in [0.15, 0.2) is 23.1 Å². The average Bonchev–Trinajstić information content (AvgIpc) is 3.16. The summed E-state index contributed by atoms with van der Waals surface area (Å²) in [6, 6.07) is 5.45. The molecule has 6 heteroatoms. The van der Waals surface area contributed by atoms with Gasteiger partial charge in [-0.3, -0.25) is 0 Å². The first-order chi connectivity index (χ1) is 8.90. The molecule has 0 bridgehead atoms. The van der Waals surface area contributed by atoms with E-state index in [0.717, 1.165) is 12.1 Å². The van der Waals surface area contributed by atoms with Crippen LogP contribution in [0.2, 0.25) is 0 Å². The summed E-state index contributed by atoms with van der Waals surface area (Å²) in [6.45, 7) is 3.00. The molecule has 0 amide bonds. The van der Waals surface area contributed by atoms with Gasteiger partial charge in [0.25, 0.3) is 0 Å². The van der Waals surface area contributed by atoms with Crippen LogP contribution in [-0.4, -0.2) is 39.5 Å². The van der Waals surface area contributed by atoms with Crippen LogP contribution in [0.1, 0.15) is 18.4 Å². The molecule has 1 saturated carbocycles. The van der Waals surface area contributed by atoms with Gasteiger partial charge in [-0.05, 0) is 44.5 Å². The van der Waals surface area contributed by atoms with Crippen LogP contribution in [0.3, 0.4) is 0 Å². The molecule has 0 aliphatic heterocycles. The molecular formula is C13H21N3O2S. The Kier molecular flexibility index (Phi) is 4.13. The minimum atomic E-state index is -3.46. The largest absolute Gasteiger partial charge is 0.398 e. The van der Waals surface area contributed by atoms with Gasteiger partial charge < -0.3 is 10.6 Å². The highest BCUT2D eigenvalue weighted by molar-refractivity contribution is 7.89. The third-order valence-corrected chi connectivity index (χ3v) is 4.95. The fourth-order valence-electron chi connectivity index (χ4n) is 1.92. The number of nitrogens with one attached hydrogen (secondary N) is 1. The van der Waals surface area contributed by atoms with Crippen molar-refractivity contribution in [3.05, 3.63) is 23.8 Å². The van der Waals surface area contributed by atoms with Crippen molar-refractivity contribution >= 4 is 15.7 Å². The fraction of sp³-hybridized carbons (Fsp3) is 0.538. The number of nitrogen functional groups attached to an aromatic ring is 1. The molecule has 3 N–H and O–H groups in total. The van der Waals surface area contributed by atoms with Crippen LogP contribution in [0.5, 0.6) is 0 Å². The zero-order valence-electron chi connectivity index (χ0n) is 11.4. The van der Waals surface area contributed by atoms with Gasteiger partial charge in [-0.1, -0.05) is 6.07 Å². The van der Waals surface area contributed by atoms with Gasteiger partial charge in [0.15, 0.2) is 0 Å². The maximum absolute atomic E-state index is 12.1. The van der Waals surface area contributed by atoms with Crippen molar-refractivity contribution in [2.75, 3.05) is 25.9 Å². The number of benzene rings is 1. The van der Waals surface area contributed by atoms with Crippen LogP contribution in [-0.2, 0) is 10.0 Å². The quantitative estimate of drug-likeness (QED) is 0.762. The van der Waals surface area contributed by atoms with Gasteiger partial charge in [-0.15, -0.1) is 0 Å². The van der Waals surface area contributed by atoms with Gasteiger partial charge >= 0.3 is 0 Å². The van der Waals surface area contributed by atoms with E-state index in [1.54, 1.807) is 12.1 Å². The predicted octanol–water partition coefficient (Wildman–Crippen LogP) is 0.950. The molecule has 0 atom stereocenters. The second kappa shape index (κ2) is 5.48. The van der Waals surface area contributed by atoms with Crippen molar-refractivity contribution in [1.29, 1.82) is 0 Å². The zero-order valence-corrected chi connectivity index (χ0v) is 12.2. The highest BCUT2D eigenvalue weighted by Crippen LogP contribution is 2.24. The van der Waals surface area contributed by atoms with E-state index in [2.05, 4.69) is 9.62 Å². The summed E-state index contributed by atoms with van der Waals surface area (Å²) >= 11 is 0. The number of aryl methyl sites for hydroxylation is 1. The number of nitrogens with two attached hydrogens (primary N) is 1. The molecule has 106 valence electrons. The molecular weight excluding hydrogens is 262 g/mol. The van der Waals surface area contributed by atoms with Gasteiger partial charge in [0.1, 0.15) is 0 Å². The lowest BCUT2D eigenvalue weighted by atomic mass is 10.2. The molecule has 1 fully saturated rings. The molecule has 0 spiro atoms. The summed E-state index contributed by atoms with van der Waals surface area (Å²) in [7, 11) is -1.43. The number of likely N-dealkylation sites (N-methyl/N-ethyl adjacent to an activating group) is 1. The summed E-state index contributed by atoms with van der Waals surface area (Å²) in [5.41, 5.74) is 7.12. The third-order valence-electron chi connectivity index (χ3n) is 3.49. The van der Waals surface area contributed by atoms with E-state index in [-0.39, 0.29) is 4.90 Å². The highest BCUT2D eigenvalue weighted by atomic mass is 32.2. The zero-order chi connectivity index (χ0) is 14.0. The Morgan fingerprint density at radius 3 is 2.68 bits per heavy atom. The monoisotopic (exact) mass is 283 g/mol. The maximum atomic E-state index is 12.1. The standard InChI is InChI=1S/C13H21N3O2S/c1-10-3-6-12(9-13(10)14)19(17,18)15-7-8-16(2)11-4-5-11/h3,6,9,11,15H,4-5,7-8,14H2,1-2H3. The molecule has 0 aromatic heterocycles. The van der Waals surface area contributed by atoms with Crippen molar-refractivity contribution in [3.8, 4) is 0 Å². The highest BCUT2D eigenvalue weighted by Gasteiger charge is 2.25. The third kappa shape index (κ3) is 3.68.